The van der Waals surface area contributed by atoms with Crippen LogP contribution >= 0.6 is 0 Å². The van der Waals surface area contributed by atoms with Crippen LogP contribution in [0.3, 0.4) is 0 Å². The van der Waals surface area contributed by atoms with Crippen molar-refractivity contribution in [1.82, 2.24) is 4.90 Å². The fraction of sp³-hybridized carbons (Fsp3) is 0.909. The van der Waals surface area contributed by atoms with Crippen molar-refractivity contribution in [2.45, 2.75) is 52.2 Å². The molecule has 1 aliphatic rings. The molecule has 0 amide bonds. The molecule has 1 rings (SSSR count). The third-order valence-electron chi connectivity index (χ3n) is 2.93. The number of carbonyl (C=O) groups is 1. The summed E-state index contributed by atoms with van der Waals surface area (Å²) in [6.07, 6.45) is 0.829. The van der Waals surface area contributed by atoms with Gasteiger partial charge >= 0.3 is 0 Å². The molecule has 0 aromatic rings. The topological polar surface area (TPSA) is 46.3 Å². The fourth-order valence-electron chi connectivity index (χ4n) is 2.13. The lowest BCUT2D eigenvalue weighted by Gasteiger charge is -2.28. The molecule has 0 bridgehead atoms. The number of nitrogens with two attached hydrogens (primary N) is 1. The zero-order valence-electron chi connectivity index (χ0n) is 9.66. The van der Waals surface area contributed by atoms with E-state index >= 15 is 0 Å². The average Bonchev–Trinajstić information content (AvgIpc) is 2.45. The molecular weight excluding hydrogens is 176 g/mol. The third kappa shape index (κ3) is 2.34. The number of ketones is 1. The summed E-state index contributed by atoms with van der Waals surface area (Å²) in [5, 5.41) is 0. The predicted octanol–water partition coefficient (Wildman–Crippen LogP) is 1.02. The Morgan fingerprint density at radius 2 is 1.93 bits per heavy atom. The molecular formula is C11H22N2O. The van der Waals surface area contributed by atoms with Gasteiger partial charge in [0.1, 0.15) is 0 Å². The normalized spacial score (nSPS) is 29.1. The Balaban J connectivity index is 2.71. The molecule has 1 fully saturated rings. The van der Waals surface area contributed by atoms with Gasteiger partial charge in [0.05, 0.1) is 6.04 Å². The van der Waals surface area contributed by atoms with Gasteiger partial charge in [0.25, 0.3) is 0 Å². The number of hydrogen-bond acceptors (Lipinski definition) is 3. The van der Waals surface area contributed by atoms with Crippen LogP contribution in [0.25, 0.3) is 0 Å². The number of hydrogen-bond donors (Lipinski definition) is 1. The van der Waals surface area contributed by atoms with Crippen molar-refractivity contribution in [1.29, 1.82) is 0 Å². The number of rotatable bonds is 3. The van der Waals surface area contributed by atoms with Crippen LogP contribution in [0.1, 0.15) is 34.1 Å². The van der Waals surface area contributed by atoms with Gasteiger partial charge in [0.15, 0.2) is 5.78 Å². The van der Waals surface area contributed by atoms with Gasteiger partial charge in [-0.2, -0.15) is 0 Å². The second kappa shape index (κ2) is 4.41. The van der Waals surface area contributed by atoms with Crippen LogP contribution in [-0.4, -0.2) is 35.4 Å². The van der Waals surface area contributed by atoms with Gasteiger partial charge in [-0.25, -0.2) is 0 Å². The van der Waals surface area contributed by atoms with Gasteiger partial charge < -0.3 is 5.73 Å². The van der Waals surface area contributed by atoms with Crippen LogP contribution in [0.5, 0.6) is 0 Å². The molecule has 0 aromatic carbocycles. The van der Waals surface area contributed by atoms with E-state index in [1.54, 1.807) is 0 Å². The summed E-state index contributed by atoms with van der Waals surface area (Å²) in [6.45, 7) is 9.04. The minimum Gasteiger partial charge on any atom is -0.326 e. The standard InChI is InChI=1S/C11H22N2O/c1-7(2)11(14)10-5-9(12)6-13(10)8(3)4/h7-10H,5-6,12H2,1-4H3. The first-order valence-corrected chi connectivity index (χ1v) is 5.48. The highest BCUT2D eigenvalue weighted by Gasteiger charge is 2.36. The van der Waals surface area contributed by atoms with E-state index in [0.717, 1.165) is 13.0 Å². The SMILES string of the molecule is CC(C)C(=O)C1CC(N)CN1C(C)C. The molecule has 1 saturated heterocycles. The molecule has 2 unspecified atom stereocenters. The number of Topliss-reactive ketones (excluding diaryl/α,β-unsaturated/α-hetero) is 1. The summed E-state index contributed by atoms with van der Waals surface area (Å²) >= 11 is 0. The largest absolute Gasteiger partial charge is 0.326 e. The molecule has 0 radical (unpaired) electrons. The van der Waals surface area contributed by atoms with E-state index in [1.165, 1.54) is 0 Å². The van der Waals surface area contributed by atoms with E-state index in [-0.39, 0.29) is 18.0 Å². The second-order valence-electron chi connectivity index (χ2n) is 4.86. The first-order valence-electron chi connectivity index (χ1n) is 5.48. The van der Waals surface area contributed by atoms with Gasteiger partial charge in [-0.3, -0.25) is 9.69 Å². The van der Waals surface area contributed by atoms with E-state index in [1.807, 2.05) is 13.8 Å². The molecule has 0 aliphatic carbocycles. The van der Waals surface area contributed by atoms with Crippen molar-refractivity contribution in [2.24, 2.45) is 11.7 Å². The highest BCUT2D eigenvalue weighted by Crippen LogP contribution is 2.22. The Morgan fingerprint density at radius 3 is 2.36 bits per heavy atom. The van der Waals surface area contributed by atoms with E-state index in [9.17, 15) is 4.79 Å². The minimum absolute atomic E-state index is 0.0602. The summed E-state index contributed by atoms with van der Waals surface area (Å²) in [5.41, 5.74) is 5.90. The summed E-state index contributed by atoms with van der Waals surface area (Å²) < 4.78 is 0. The zero-order valence-corrected chi connectivity index (χ0v) is 9.66. The summed E-state index contributed by atoms with van der Waals surface area (Å²) in [7, 11) is 0. The highest BCUT2D eigenvalue weighted by atomic mass is 16.1. The highest BCUT2D eigenvalue weighted by molar-refractivity contribution is 5.86. The third-order valence-corrected chi connectivity index (χ3v) is 2.93. The molecule has 3 nitrogen and oxygen atoms in total. The van der Waals surface area contributed by atoms with Gasteiger partial charge in [-0.1, -0.05) is 13.8 Å². The molecule has 1 aliphatic heterocycles. The molecule has 0 saturated carbocycles. The van der Waals surface area contributed by atoms with E-state index in [2.05, 4.69) is 18.7 Å². The van der Waals surface area contributed by atoms with Crippen molar-refractivity contribution in [3.63, 3.8) is 0 Å². The molecule has 1 heterocycles. The Morgan fingerprint density at radius 1 is 1.36 bits per heavy atom. The number of likely N-dealkylation sites (tertiary alicyclic amines) is 1. The van der Waals surface area contributed by atoms with Crippen LogP contribution < -0.4 is 5.73 Å². The Labute approximate surface area is 86.6 Å². The van der Waals surface area contributed by atoms with Gasteiger partial charge in [0.2, 0.25) is 0 Å². The maximum Gasteiger partial charge on any atom is 0.152 e. The van der Waals surface area contributed by atoms with E-state index < -0.39 is 0 Å². The van der Waals surface area contributed by atoms with Gasteiger partial charge in [-0.05, 0) is 20.3 Å². The maximum absolute atomic E-state index is 11.9. The van der Waals surface area contributed by atoms with E-state index in [0.29, 0.717) is 11.8 Å². The Hall–Kier alpha value is -0.410. The second-order valence-corrected chi connectivity index (χ2v) is 4.86. The van der Waals surface area contributed by atoms with Crippen molar-refractivity contribution < 1.29 is 4.79 Å². The first-order chi connectivity index (χ1) is 6.43. The minimum atomic E-state index is 0.0602. The monoisotopic (exact) mass is 198 g/mol. The first kappa shape index (κ1) is 11.7. The van der Waals surface area contributed by atoms with E-state index in [4.69, 9.17) is 5.73 Å². The lowest BCUT2D eigenvalue weighted by Crippen LogP contribution is -2.42. The average molecular weight is 198 g/mol. The van der Waals surface area contributed by atoms with Gasteiger partial charge in [-0.15, -0.1) is 0 Å². The van der Waals surface area contributed by atoms with Crippen LogP contribution in [0.15, 0.2) is 0 Å². The molecule has 3 heteroatoms. The molecule has 2 N–H and O–H groups in total. The Kier molecular flexibility index (Phi) is 3.67. The molecule has 2 atom stereocenters. The number of nitrogens with zero attached hydrogens (tertiary/aromatic N) is 1. The smallest absolute Gasteiger partial charge is 0.152 e. The molecule has 14 heavy (non-hydrogen) atoms. The van der Waals surface area contributed by atoms with Crippen LogP contribution in [-0.2, 0) is 4.79 Å². The predicted molar refractivity (Wildman–Crippen MR) is 58.1 cm³/mol. The molecule has 0 aromatic heterocycles. The van der Waals surface area contributed by atoms with Crippen molar-refractivity contribution in [3.05, 3.63) is 0 Å². The summed E-state index contributed by atoms with van der Waals surface area (Å²) in [4.78, 5) is 14.1. The lowest BCUT2D eigenvalue weighted by molar-refractivity contribution is -0.126. The van der Waals surface area contributed by atoms with Crippen LogP contribution in [0, 0.1) is 5.92 Å². The Bertz CT molecular complexity index is 213. The van der Waals surface area contributed by atoms with Crippen LogP contribution in [0.4, 0.5) is 0 Å². The van der Waals surface area contributed by atoms with Crippen molar-refractivity contribution in [2.75, 3.05) is 6.54 Å². The molecule has 0 spiro atoms. The molecule has 82 valence electrons. The number of carbonyl (C=O) groups excluding carboxylic acids is 1. The summed E-state index contributed by atoms with van der Waals surface area (Å²) in [6, 6.07) is 0.645. The summed E-state index contributed by atoms with van der Waals surface area (Å²) in [5.74, 6) is 0.457. The zero-order chi connectivity index (χ0) is 10.9. The van der Waals surface area contributed by atoms with Gasteiger partial charge in [0, 0.05) is 24.5 Å². The quantitative estimate of drug-likeness (QED) is 0.736. The fourth-order valence-corrected chi connectivity index (χ4v) is 2.13. The lowest BCUT2D eigenvalue weighted by atomic mass is 9.98. The maximum atomic E-state index is 11.9. The van der Waals surface area contributed by atoms with Crippen molar-refractivity contribution >= 4 is 5.78 Å². The van der Waals surface area contributed by atoms with Crippen molar-refractivity contribution in [3.8, 4) is 0 Å². The van der Waals surface area contributed by atoms with Crippen LogP contribution in [0.2, 0.25) is 0 Å².